The highest BCUT2D eigenvalue weighted by Gasteiger charge is 2.58. The molecule has 3 aliphatic heterocycles. The molecule has 80 valence electrons. The molecule has 0 aromatic heterocycles. The summed E-state index contributed by atoms with van der Waals surface area (Å²) < 4.78 is 16.9. The second kappa shape index (κ2) is 2.68. The number of rotatable bonds is 0. The van der Waals surface area contributed by atoms with Crippen molar-refractivity contribution in [2.24, 2.45) is 0 Å². The van der Waals surface area contributed by atoms with Crippen LogP contribution in [0.1, 0.15) is 13.8 Å². The van der Waals surface area contributed by atoms with Crippen molar-refractivity contribution < 1.29 is 19.3 Å². The van der Waals surface area contributed by atoms with Gasteiger partial charge in [0, 0.05) is 6.54 Å². The van der Waals surface area contributed by atoms with E-state index >= 15 is 0 Å². The van der Waals surface area contributed by atoms with Gasteiger partial charge in [0.25, 0.3) is 0 Å². The first-order valence-corrected chi connectivity index (χ1v) is 4.99. The minimum absolute atomic E-state index is 0.0665. The number of β-amino-alcohol motifs (C(OH)–C–C–N with tert-alkyl or cyclic N) is 1. The van der Waals surface area contributed by atoms with Crippen LogP contribution in [0, 0.1) is 0 Å². The zero-order chi connectivity index (χ0) is 9.92. The number of aliphatic hydroxyl groups excluding tert-OH is 1. The maximum absolute atomic E-state index is 9.59. The molecule has 14 heavy (non-hydrogen) atoms. The predicted molar refractivity (Wildman–Crippen MR) is 46.5 cm³/mol. The SMILES string of the molecule is CC1(C)OC2OC3C(O)CNC3C2O1. The van der Waals surface area contributed by atoms with E-state index in [9.17, 15) is 5.11 Å². The van der Waals surface area contributed by atoms with Crippen LogP contribution in [0.15, 0.2) is 0 Å². The fourth-order valence-corrected chi connectivity index (χ4v) is 2.47. The zero-order valence-electron chi connectivity index (χ0n) is 8.27. The molecule has 0 radical (unpaired) electrons. The lowest BCUT2D eigenvalue weighted by Crippen LogP contribution is -2.40. The van der Waals surface area contributed by atoms with E-state index in [1.54, 1.807) is 0 Å². The average Bonchev–Trinajstić information content (AvgIpc) is 2.63. The van der Waals surface area contributed by atoms with Gasteiger partial charge in [0.05, 0.1) is 12.1 Å². The van der Waals surface area contributed by atoms with Gasteiger partial charge >= 0.3 is 0 Å². The second-order valence-corrected chi connectivity index (χ2v) is 4.57. The summed E-state index contributed by atoms with van der Waals surface area (Å²) in [6.07, 6.45) is -1.04. The van der Waals surface area contributed by atoms with Crippen molar-refractivity contribution in [2.75, 3.05) is 6.54 Å². The maximum atomic E-state index is 9.59. The molecule has 5 heteroatoms. The summed E-state index contributed by atoms with van der Waals surface area (Å²) in [6.45, 7) is 4.31. The number of fused-ring (bicyclic) bond motifs is 3. The topological polar surface area (TPSA) is 60.0 Å². The van der Waals surface area contributed by atoms with E-state index in [0.717, 1.165) is 0 Å². The molecule has 0 saturated carbocycles. The van der Waals surface area contributed by atoms with Crippen molar-refractivity contribution in [3.05, 3.63) is 0 Å². The Labute approximate surface area is 82.3 Å². The lowest BCUT2D eigenvalue weighted by molar-refractivity contribution is -0.211. The molecule has 3 heterocycles. The molecule has 0 aromatic rings. The molecule has 0 aliphatic carbocycles. The molecule has 3 aliphatic rings. The lowest BCUT2D eigenvalue weighted by atomic mass is 10.1. The molecule has 5 unspecified atom stereocenters. The average molecular weight is 201 g/mol. The van der Waals surface area contributed by atoms with Gasteiger partial charge in [0.2, 0.25) is 0 Å². The first kappa shape index (κ1) is 9.06. The van der Waals surface area contributed by atoms with Gasteiger partial charge in [-0.1, -0.05) is 0 Å². The monoisotopic (exact) mass is 201 g/mol. The number of hydrogen-bond donors (Lipinski definition) is 2. The largest absolute Gasteiger partial charge is 0.389 e. The summed E-state index contributed by atoms with van der Waals surface area (Å²) in [5.74, 6) is -0.574. The van der Waals surface area contributed by atoms with Gasteiger partial charge in [-0.05, 0) is 13.8 Å². The van der Waals surface area contributed by atoms with Crippen molar-refractivity contribution in [3.63, 3.8) is 0 Å². The third kappa shape index (κ3) is 1.14. The van der Waals surface area contributed by atoms with Crippen molar-refractivity contribution in [1.29, 1.82) is 0 Å². The fourth-order valence-electron chi connectivity index (χ4n) is 2.47. The molecular formula is C9H15NO4. The van der Waals surface area contributed by atoms with Gasteiger partial charge in [-0.2, -0.15) is 0 Å². The van der Waals surface area contributed by atoms with Gasteiger partial charge in [-0.25, -0.2) is 0 Å². The van der Waals surface area contributed by atoms with E-state index in [4.69, 9.17) is 14.2 Å². The van der Waals surface area contributed by atoms with Crippen molar-refractivity contribution in [3.8, 4) is 0 Å². The van der Waals surface area contributed by atoms with E-state index < -0.39 is 11.9 Å². The molecule has 3 saturated heterocycles. The van der Waals surface area contributed by atoms with E-state index in [0.29, 0.717) is 6.54 Å². The van der Waals surface area contributed by atoms with Crippen molar-refractivity contribution in [2.45, 2.75) is 50.3 Å². The van der Waals surface area contributed by atoms with E-state index in [1.165, 1.54) is 0 Å². The highest BCUT2D eigenvalue weighted by atomic mass is 16.8. The van der Waals surface area contributed by atoms with Crippen LogP contribution in [-0.4, -0.2) is 48.1 Å². The summed E-state index contributed by atoms with van der Waals surface area (Å²) in [5, 5.41) is 12.8. The van der Waals surface area contributed by atoms with Crippen molar-refractivity contribution >= 4 is 0 Å². The van der Waals surface area contributed by atoms with E-state index in [1.807, 2.05) is 13.8 Å². The Balaban J connectivity index is 1.80. The Hall–Kier alpha value is -0.200. The van der Waals surface area contributed by atoms with Gasteiger partial charge in [-0.3, -0.25) is 0 Å². The predicted octanol–water partition coefficient (Wildman–Crippen LogP) is -0.804. The molecule has 0 bridgehead atoms. The third-order valence-electron chi connectivity index (χ3n) is 3.03. The zero-order valence-corrected chi connectivity index (χ0v) is 8.27. The highest BCUT2D eigenvalue weighted by molar-refractivity contribution is 5.04. The molecule has 3 rings (SSSR count). The van der Waals surface area contributed by atoms with Crippen LogP contribution in [0.2, 0.25) is 0 Å². The number of ether oxygens (including phenoxy) is 3. The van der Waals surface area contributed by atoms with Crippen LogP contribution >= 0.6 is 0 Å². The van der Waals surface area contributed by atoms with E-state index in [2.05, 4.69) is 5.32 Å². The van der Waals surface area contributed by atoms with Crippen LogP contribution in [-0.2, 0) is 14.2 Å². The minimum atomic E-state index is -0.574. The quantitative estimate of drug-likeness (QED) is 0.537. The van der Waals surface area contributed by atoms with E-state index in [-0.39, 0.29) is 24.5 Å². The minimum Gasteiger partial charge on any atom is -0.389 e. The Morgan fingerprint density at radius 1 is 1.29 bits per heavy atom. The fraction of sp³-hybridized carbons (Fsp3) is 1.00. The molecule has 5 nitrogen and oxygen atoms in total. The van der Waals surface area contributed by atoms with Gasteiger partial charge in [0.15, 0.2) is 12.1 Å². The maximum Gasteiger partial charge on any atom is 0.189 e. The molecule has 3 fully saturated rings. The number of hydrogen-bond acceptors (Lipinski definition) is 5. The Kier molecular flexibility index (Phi) is 1.73. The summed E-state index contributed by atoms with van der Waals surface area (Å²) in [5.41, 5.74) is 0. The molecule has 0 amide bonds. The Morgan fingerprint density at radius 2 is 2.07 bits per heavy atom. The highest BCUT2D eigenvalue weighted by Crippen LogP contribution is 2.39. The van der Waals surface area contributed by atoms with Crippen molar-refractivity contribution in [1.82, 2.24) is 5.32 Å². The summed E-state index contributed by atoms with van der Waals surface area (Å²) in [4.78, 5) is 0. The van der Waals surface area contributed by atoms with Crippen LogP contribution in [0.5, 0.6) is 0 Å². The smallest absolute Gasteiger partial charge is 0.189 e. The summed E-state index contributed by atoms with van der Waals surface area (Å²) in [6, 6.07) is 0.0665. The van der Waals surface area contributed by atoms with Crippen LogP contribution in [0.4, 0.5) is 0 Å². The third-order valence-corrected chi connectivity index (χ3v) is 3.03. The van der Waals surface area contributed by atoms with Crippen LogP contribution < -0.4 is 5.32 Å². The molecule has 0 spiro atoms. The molecule has 2 N–H and O–H groups in total. The van der Waals surface area contributed by atoms with Crippen LogP contribution in [0.3, 0.4) is 0 Å². The molecule has 0 aromatic carbocycles. The van der Waals surface area contributed by atoms with Gasteiger partial charge in [0.1, 0.15) is 12.2 Å². The normalized spacial score (nSPS) is 54.6. The second-order valence-electron chi connectivity index (χ2n) is 4.57. The van der Waals surface area contributed by atoms with Gasteiger partial charge in [-0.15, -0.1) is 0 Å². The number of nitrogens with one attached hydrogen (secondary N) is 1. The number of aliphatic hydroxyl groups is 1. The Morgan fingerprint density at radius 3 is 2.86 bits per heavy atom. The standard InChI is InChI=1S/C9H15NO4/c1-9(2)13-7-5-6(4(11)3-10-5)12-8(7)14-9/h4-8,10-11H,3H2,1-2H3. The first-order valence-electron chi connectivity index (χ1n) is 4.99. The Bertz CT molecular complexity index is 257. The lowest BCUT2D eigenvalue weighted by Gasteiger charge is -2.22. The summed E-state index contributed by atoms with van der Waals surface area (Å²) in [7, 11) is 0. The molecular weight excluding hydrogens is 186 g/mol. The summed E-state index contributed by atoms with van der Waals surface area (Å²) >= 11 is 0. The van der Waals surface area contributed by atoms with Gasteiger partial charge < -0.3 is 24.6 Å². The first-order chi connectivity index (χ1) is 6.57. The van der Waals surface area contributed by atoms with Crippen LogP contribution in [0.25, 0.3) is 0 Å². The molecule has 5 atom stereocenters.